The van der Waals surface area contributed by atoms with E-state index in [0.717, 1.165) is 0 Å². The number of H-pyrrole nitrogens is 1. The molecule has 2 heterocycles. The summed E-state index contributed by atoms with van der Waals surface area (Å²) in [4.78, 5) is 41.0. The van der Waals surface area contributed by atoms with Crippen LogP contribution >= 0.6 is 0 Å². The second-order valence-corrected chi connectivity index (χ2v) is 6.38. The number of halogens is 1. The molecule has 138 valence electrons. The normalized spacial score (nSPS) is 16.9. The lowest BCUT2D eigenvalue weighted by Crippen LogP contribution is -2.43. The zero-order chi connectivity index (χ0) is 19.0. The summed E-state index contributed by atoms with van der Waals surface area (Å²) in [6.07, 6.45) is 0.377. The van der Waals surface area contributed by atoms with Crippen molar-refractivity contribution < 1.29 is 14.0 Å². The van der Waals surface area contributed by atoms with Gasteiger partial charge in [-0.05, 0) is 30.7 Å². The number of nitrogens with one attached hydrogen (secondary N) is 2. The molecule has 0 saturated carbocycles. The molecule has 0 radical (unpaired) electrons. The van der Waals surface area contributed by atoms with Gasteiger partial charge in [-0.25, -0.2) is 9.18 Å². The zero-order valence-electron chi connectivity index (χ0n) is 14.3. The molecular formula is C19H17FN4O3. The maximum atomic E-state index is 13.9. The lowest BCUT2D eigenvalue weighted by Gasteiger charge is -2.18. The Morgan fingerprint density at radius 2 is 1.89 bits per heavy atom. The molecule has 2 aromatic carbocycles. The second-order valence-electron chi connectivity index (χ2n) is 6.38. The van der Waals surface area contributed by atoms with Gasteiger partial charge in [0.2, 0.25) is 11.8 Å². The zero-order valence-corrected chi connectivity index (χ0v) is 14.3. The van der Waals surface area contributed by atoms with Crippen molar-refractivity contribution in [2.45, 2.75) is 19.0 Å². The molecule has 3 aromatic rings. The number of benzene rings is 2. The number of hydrogen-bond acceptors (Lipinski definition) is 3. The Kier molecular flexibility index (Phi) is 4.23. The minimum Gasteiger partial charge on any atom is -0.343 e. The number of carbonyl (C=O) groups excluding carboxylic acids is 2. The van der Waals surface area contributed by atoms with E-state index in [1.165, 1.54) is 21.6 Å². The van der Waals surface area contributed by atoms with Gasteiger partial charge in [0.15, 0.2) is 0 Å². The minimum atomic E-state index is -0.738. The number of imidazole rings is 1. The lowest BCUT2D eigenvalue weighted by molar-refractivity contribution is -0.126. The van der Waals surface area contributed by atoms with E-state index in [9.17, 15) is 18.8 Å². The molecule has 2 amide bonds. The number of fused-ring (bicyclic) bond motifs is 1. The second kappa shape index (κ2) is 6.71. The van der Waals surface area contributed by atoms with Gasteiger partial charge >= 0.3 is 5.69 Å². The summed E-state index contributed by atoms with van der Waals surface area (Å²) >= 11 is 0. The van der Waals surface area contributed by atoms with Crippen LogP contribution in [0.1, 0.15) is 6.42 Å². The average Bonchev–Trinajstić information content (AvgIpc) is 3.16. The van der Waals surface area contributed by atoms with Crippen LogP contribution in [0.25, 0.3) is 11.0 Å². The molecule has 1 aromatic heterocycles. The summed E-state index contributed by atoms with van der Waals surface area (Å²) < 4.78 is 15.2. The highest BCUT2D eigenvalue weighted by Gasteiger charge is 2.34. The molecule has 7 nitrogen and oxygen atoms in total. The smallest absolute Gasteiger partial charge is 0.326 e. The Balaban J connectivity index is 1.47. The number of para-hydroxylation sites is 3. The van der Waals surface area contributed by atoms with Crippen molar-refractivity contribution in [1.29, 1.82) is 0 Å². The predicted molar refractivity (Wildman–Crippen MR) is 97.9 cm³/mol. The van der Waals surface area contributed by atoms with E-state index < -0.39 is 23.5 Å². The first-order chi connectivity index (χ1) is 13.0. The molecule has 8 heteroatoms. The topological polar surface area (TPSA) is 87.2 Å². The number of aromatic amines is 1. The van der Waals surface area contributed by atoms with Gasteiger partial charge in [-0.2, -0.15) is 0 Å². The average molecular weight is 368 g/mol. The van der Waals surface area contributed by atoms with Crippen LogP contribution in [0.5, 0.6) is 0 Å². The van der Waals surface area contributed by atoms with E-state index in [0.29, 0.717) is 24.0 Å². The van der Waals surface area contributed by atoms with Crippen LogP contribution in [-0.4, -0.2) is 34.0 Å². The molecule has 27 heavy (non-hydrogen) atoms. The number of rotatable bonds is 4. The van der Waals surface area contributed by atoms with E-state index in [1.807, 2.05) is 0 Å². The Morgan fingerprint density at radius 3 is 2.70 bits per heavy atom. The van der Waals surface area contributed by atoms with Crippen molar-refractivity contribution in [3.63, 3.8) is 0 Å². The van der Waals surface area contributed by atoms with Gasteiger partial charge in [0, 0.05) is 6.54 Å². The van der Waals surface area contributed by atoms with Gasteiger partial charge in [-0.3, -0.25) is 14.2 Å². The highest BCUT2D eigenvalue weighted by atomic mass is 19.1. The third-order valence-corrected chi connectivity index (χ3v) is 4.67. The first-order valence-electron chi connectivity index (χ1n) is 8.57. The van der Waals surface area contributed by atoms with Gasteiger partial charge < -0.3 is 15.2 Å². The summed E-state index contributed by atoms with van der Waals surface area (Å²) in [6, 6.07) is 12.3. The van der Waals surface area contributed by atoms with Crippen molar-refractivity contribution in [2.24, 2.45) is 0 Å². The SMILES string of the molecule is O=C(Cn1c(=O)[nH]c2ccccc21)NC1CCN(c2ccccc2F)C1=O. The first kappa shape index (κ1) is 17.0. The molecule has 0 spiro atoms. The van der Waals surface area contributed by atoms with Crippen LogP contribution in [0.15, 0.2) is 53.3 Å². The van der Waals surface area contributed by atoms with E-state index >= 15 is 0 Å². The van der Waals surface area contributed by atoms with Crippen LogP contribution < -0.4 is 15.9 Å². The quantitative estimate of drug-likeness (QED) is 0.730. The van der Waals surface area contributed by atoms with Gasteiger partial charge in [-0.1, -0.05) is 24.3 Å². The summed E-state index contributed by atoms with van der Waals surface area (Å²) in [5.41, 5.74) is 1.06. The molecular weight excluding hydrogens is 351 g/mol. The van der Waals surface area contributed by atoms with Crippen molar-refractivity contribution in [3.8, 4) is 0 Å². The fraction of sp³-hybridized carbons (Fsp3) is 0.211. The number of aromatic nitrogens is 2. The third-order valence-electron chi connectivity index (χ3n) is 4.67. The number of hydrogen-bond donors (Lipinski definition) is 2. The summed E-state index contributed by atoms with van der Waals surface area (Å²) in [7, 11) is 0. The van der Waals surface area contributed by atoms with E-state index in [4.69, 9.17) is 0 Å². The van der Waals surface area contributed by atoms with E-state index in [1.54, 1.807) is 36.4 Å². The maximum absolute atomic E-state index is 13.9. The van der Waals surface area contributed by atoms with Crippen LogP contribution in [0, 0.1) is 5.82 Å². The highest BCUT2D eigenvalue weighted by Crippen LogP contribution is 2.24. The van der Waals surface area contributed by atoms with Crippen LogP contribution in [0.2, 0.25) is 0 Å². The molecule has 0 bridgehead atoms. The monoisotopic (exact) mass is 368 g/mol. The summed E-state index contributed by atoms with van der Waals surface area (Å²) in [5, 5.41) is 2.65. The summed E-state index contributed by atoms with van der Waals surface area (Å²) in [6.45, 7) is 0.115. The lowest BCUT2D eigenvalue weighted by atomic mass is 10.2. The molecule has 1 aliphatic heterocycles. The fourth-order valence-electron chi connectivity index (χ4n) is 3.37. The van der Waals surface area contributed by atoms with E-state index in [-0.39, 0.29) is 18.1 Å². The number of anilines is 1. The minimum absolute atomic E-state index is 0.201. The number of amides is 2. The Morgan fingerprint density at radius 1 is 1.15 bits per heavy atom. The van der Waals surface area contributed by atoms with Gasteiger partial charge in [0.25, 0.3) is 0 Å². The highest BCUT2D eigenvalue weighted by molar-refractivity contribution is 6.01. The van der Waals surface area contributed by atoms with E-state index in [2.05, 4.69) is 10.3 Å². The maximum Gasteiger partial charge on any atom is 0.326 e. The number of nitrogens with zero attached hydrogens (tertiary/aromatic N) is 2. The molecule has 2 N–H and O–H groups in total. The van der Waals surface area contributed by atoms with Crippen LogP contribution in [0.4, 0.5) is 10.1 Å². The third kappa shape index (κ3) is 3.10. The van der Waals surface area contributed by atoms with Crippen molar-refractivity contribution in [3.05, 3.63) is 64.8 Å². The number of carbonyl (C=O) groups is 2. The van der Waals surface area contributed by atoms with Crippen LogP contribution in [-0.2, 0) is 16.1 Å². The molecule has 1 aliphatic rings. The molecule has 4 rings (SSSR count). The molecule has 1 atom stereocenters. The van der Waals surface area contributed by atoms with Crippen molar-refractivity contribution >= 4 is 28.5 Å². The van der Waals surface area contributed by atoms with Crippen LogP contribution in [0.3, 0.4) is 0 Å². The Labute approximate surface area is 153 Å². The van der Waals surface area contributed by atoms with Gasteiger partial charge in [0.1, 0.15) is 18.4 Å². The van der Waals surface area contributed by atoms with Gasteiger partial charge in [0.05, 0.1) is 16.7 Å². The molecule has 1 unspecified atom stereocenters. The molecule has 1 saturated heterocycles. The fourth-order valence-corrected chi connectivity index (χ4v) is 3.37. The van der Waals surface area contributed by atoms with Gasteiger partial charge in [-0.15, -0.1) is 0 Å². The summed E-state index contributed by atoms with van der Waals surface area (Å²) in [5.74, 6) is -1.29. The largest absolute Gasteiger partial charge is 0.343 e. The predicted octanol–water partition coefficient (Wildman–Crippen LogP) is 1.39. The van der Waals surface area contributed by atoms with Crippen molar-refractivity contribution in [2.75, 3.05) is 11.4 Å². The standard InChI is InChI=1S/C19H17FN4O3/c20-12-5-1-3-7-15(12)23-10-9-14(18(23)26)21-17(25)11-24-16-8-4-2-6-13(16)22-19(24)27/h1-8,14H,9-11H2,(H,21,25)(H,22,27). The first-order valence-corrected chi connectivity index (χ1v) is 8.57. The Bertz CT molecular complexity index is 1090. The molecule has 1 fully saturated rings. The molecule has 0 aliphatic carbocycles. The Hall–Kier alpha value is -3.42. The van der Waals surface area contributed by atoms with Crippen molar-refractivity contribution in [1.82, 2.24) is 14.9 Å².